The predicted molar refractivity (Wildman–Crippen MR) is 99.3 cm³/mol. The van der Waals surface area contributed by atoms with E-state index in [0.717, 1.165) is 56.5 Å². The fourth-order valence-corrected chi connectivity index (χ4v) is 3.64. The van der Waals surface area contributed by atoms with E-state index < -0.39 is 0 Å². The van der Waals surface area contributed by atoms with Crippen LogP contribution in [0.2, 0.25) is 0 Å². The van der Waals surface area contributed by atoms with Crippen molar-refractivity contribution in [2.24, 2.45) is 5.92 Å². The Balaban J connectivity index is 1.19. The number of amides is 2. The monoisotopic (exact) mass is 358 g/mol. The fourth-order valence-electron chi connectivity index (χ4n) is 3.64. The summed E-state index contributed by atoms with van der Waals surface area (Å²) in [5.41, 5.74) is 1.73. The Kier molecular flexibility index (Phi) is 5.24. The van der Waals surface area contributed by atoms with Crippen LogP contribution in [0.4, 0.5) is 10.8 Å². The number of hydrogen-bond acceptors (Lipinski definition) is 5. The van der Waals surface area contributed by atoms with Gasteiger partial charge in [0.25, 0.3) is 6.01 Å². The number of carbonyl (C=O) groups excluding carboxylic acids is 1. The molecule has 2 fully saturated rings. The number of carbonyl (C=O) groups is 1. The molecule has 0 aliphatic carbocycles. The maximum absolute atomic E-state index is 11.9. The van der Waals surface area contributed by atoms with Crippen molar-refractivity contribution in [3.63, 3.8) is 0 Å². The molecule has 0 saturated carbocycles. The summed E-state index contributed by atoms with van der Waals surface area (Å²) in [4.78, 5) is 18.7. The topological polar surface area (TPSA) is 79.6 Å². The molecule has 2 aliphatic rings. The lowest BCUT2D eigenvalue weighted by Gasteiger charge is -2.30. The molecule has 2 N–H and O–H groups in total. The number of para-hydroxylation sites is 2. The number of anilines is 1. The second kappa shape index (κ2) is 7.95. The zero-order chi connectivity index (χ0) is 17.8. The molecule has 0 radical (unpaired) electrons. The Morgan fingerprint density at radius 1 is 1.15 bits per heavy atom. The van der Waals surface area contributed by atoms with Gasteiger partial charge in [-0.3, -0.25) is 0 Å². The SMILES string of the molecule is O=C(NCC1CCN(c2nc3ccccc3o2)CC1)NC[C@H]1CCCO1. The van der Waals surface area contributed by atoms with Crippen LogP contribution in [0.15, 0.2) is 28.7 Å². The number of piperidine rings is 1. The van der Waals surface area contributed by atoms with Gasteiger partial charge in [0.15, 0.2) is 5.58 Å². The van der Waals surface area contributed by atoms with Crippen LogP contribution in [0.1, 0.15) is 25.7 Å². The van der Waals surface area contributed by atoms with Gasteiger partial charge < -0.3 is 24.7 Å². The largest absolute Gasteiger partial charge is 0.423 e. The summed E-state index contributed by atoms with van der Waals surface area (Å²) >= 11 is 0. The Morgan fingerprint density at radius 2 is 1.96 bits per heavy atom. The van der Waals surface area contributed by atoms with Crippen LogP contribution in [-0.4, -0.2) is 49.9 Å². The molecule has 0 spiro atoms. The van der Waals surface area contributed by atoms with Gasteiger partial charge >= 0.3 is 6.03 Å². The molecule has 2 aliphatic heterocycles. The van der Waals surface area contributed by atoms with E-state index in [1.165, 1.54) is 0 Å². The van der Waals surface area contributed by atoms with E-state index in [0.29, 0.717) is 25.0 Å². The van der Waals surface area contributed by atoms with Crippen molar-refractivity contribution in [1.29, 1.82) is 0 Å². The summed E-state index contributed by atoms with van der Waals surface area (Å²) in [6, 6.07) is 8.44. The molecule has 140 valence electrons. The summed E-state index contributed by atoms with van der Waals surface area (Å²) in [6.07, 6.45) is 4.34. The Morgan fingerprint density at radius 3 is 2.73 bits per heavy atom. The first-order chi connectivity index (χ1) is 12.8. The van der Waals surface area contributed by atoms with Crippen molar-refractivity contribution in [3.8, 4) is 0 Å². The first kappa shape index (κ1) is 17.1. The summed E-state index contributed by atoms with van der Waals surface area (Å²) < 4.78 is 11.4. The highest BCUT2D eigenvalue weighted by atomic mass is 16.5. The Bertz CT molecular complexity index is 700. The molecule has 7 heteroatoms. The molecule has 26 heavy (non-hydrogen) atoms. The molecular formula is C19H26N4O3. The van der Waals surface area contributed by atoms with E-state index in [2.05, 4.69) is 20.5 Å². The summed E-state index contributed by atoms with van der Waals surface area (Å²) in [7, 11) is 0. The van der Waals surface area contributed by atoms with E-state index in [1.54, 1.807) is 0 Å². The van der Waals surface area contributed by atoms with E-state index in [1.807, 2.05) is 24.3 Å². The number of oxazole rings is 1. The van der Waals surface area contributed by atoms with Crippen LogP contribution in [0.25, 0.3) is 11.1 Å². The number of urea groups is 1. The normalized spacial score (nSPS) is 21.2. The van der Waals surface area contributed by atoms with Gasteiger partial charge in [0.2, 0.25) is 0 Å². The summed E-state index contributed by atoms with van der Waals surface area (Å²) in [5.74, 6) is 0.490. The molecule has 1 aromatic heterocycles. The van der Waals surface area contributed by atoms with E-state index in [4.69, 9.17) is 9.15 Å². The number of nitrogens with one attached hydrogen (secondary N) is 2. The van der Waals surface area contributed by atoms with Gasteiger partial charge in [0.1, 0.15) is 5.52 Å². The molecule has 2 saturated heterocycles. The highest BCUT2D eigenvalue weighted by Crippen LogP contribution is 2.26. The van der Waals surface area contributed by atoms with Crippen molar-refractivity contribution in [2.45, 2.75) is 31.8 Å². The molecule has 2 aromatic rings. The molecule has 2 amide bonds. The Hall–Kier alpha value is -2.28. The predicted octanol–water partition coefficient (Wildman–Crippen LogP) is 2.52. The zero-order valence-corrected chi connectivity index (χ0v) is 14.9. The molecule has 1 aromatic carbocycles. The van der Waals surface area contributed by atoms with Gasteiger partial charge in [-0.1, -0.05) is 12.1 Å². The maximum Gasteiger partial charge on any atom is 0.314 e. The van der Waals surface area contributed by atoms with E-state index in [-0.39, 0.29) is 12.1 Å². The second-order valence-electron chi connectivity index (χ2n) is 7.12. The third-order valence-electron chi connectivity index (χ3n) is 5.23. The van der Waals surface area contributed by atoms with Gasteiger partial charge in [-0.05, 0) is 43.7 Å². The number of ether oxygens (including phenoxy) is 1. The number of hydrogen-bond donors (Lipinski definition) is 2. The third kappa shape index (κ3) is 4.09. The molecule has 1 atom stereocenters. The average molecular weight is 358 g/mol. The molecule has 4 rings (SSSR count). The van der Waals surface area contributed by atoms with Crippen LogP contribution in [0, 0.1) is 5.92 Å². The van der Waals surface area contributed by atoms with Crippen LogP contribution < -0.4 is 15.5 Å². The molecule has 0 unspecified atom stereocenters. The first-order valence-electron chi connectivity index (χ1n) is 9.52. The average Bonchev–Trinajstić information content (AvgIpc) is 3.34. The van der Waals surface area contributed by atoms with E-state index >= 15 is 0 Å². The van der Waals surface area contributed by atoms with Gasteiger partial charge in [-0.25, -0.2) is 4.79 Å². The van der Waals surface area contributed by atoms with Gasteiger partial charge in [0, 0.05) is 32.8 Å². The number of benzene rings is 1. The lowest BCUT2D eigenvalue weighted by molar-refractivity contribution is 0.111. The lowest BCUT2D eigenvalue weighted by Crippen LogP contribution is -2.43. The van der Waals surface area contributed by atoms with Crippen LogP contribution >= 0.6 is 0 Å². The minimum atomic E-state index is -0.0955. The molecule has 0 bridgehead atoms. The standard InChI is InChI=1S/C19H26N4O3/c24-18(21-13-15-4-3-11-25-15)20-12-14-7-9-23(10-8-14)19-22-16-5-1-2-6-17(16)26-19/h1-2,5-6,14-15H,3-4,7-13H2,(H2,20,21,24)/t15-/m1/s1. The summed E-state index contributed by atoms with van der Waals surface area (Å²) in [5, 5.41) is 5.89. The quantitative estimate of drug-likeness (QED) is 0.859. The highest BCUT2D eigenvalue weighted by molar-refractivity contribution is 5.74. The van der Waals surface area contributed by atoms with Crippen molar-refractivity contribution in [2.75, 3.05) is 37.7 Å². The van der Waals surface area contributed by atoms with Gasteiger partial charge in [-0.15, -0.1) is 0 Å². The van der Waals surface area contributed by atoms with Crippen molar-refractivity contribution in [3.05, 3.63) is 24.3 Å². The maximum atomic E-state index is 11.9. The summed E-state index contributed by atoms with van der Waals surface area (Å²) in [6.45, 7) is 3.92. The highest BCUT2D eigenvalue weighted by Gasteiger charge is 2.23. The van der Waals surface area contributed by atoms with Crippen LogP contribution in [0.3, 0.4) is 0 Å². The first-order valence-corrected chi connectivity index (χ1v) is 9.52. The smallest absolute Gasteiger partial charge is 0.314 e. The van der Waals surface area contributed by atoms with Crippen LogP contribution in [-0.2, 0) is 4.74 Å². The molecule has 7 nitrogen and oxygen atoms in total. The van der Waals surface area contributed by atoms with Gasteiger partial charge in [0.05, 0.1) is 6.10 Å². The number of fused-ring (bicyclic) bond motifs is 1. The fraction of sp³-hybridized carbons (Fsp3) is 0.579. The van der Waals surface area contributed by atoms with Crippen molar-refractivity contribution >= 4 is 23.1 Å². The number of rotatable bonds is 5. The van der Waals surface area contributed by atoms with Gasteiger partial charge in [-0.2, -0.15) is 4.98 Å². The third-order valence-corrected chi connectivity index (χ3v) is 5.23. The number of aromatic nitrogens is 1. The minimum absolute atomic E-state index is 0.0955. The van der Waals surface area contributed by atoms with Crippen LogP contribution in [0.5, 0.6) is 0 Å². The van der Waals surface area contributed by atoms with Crippen molar-refractivity contribution < 1.29 is 13.9 Å². The molecule has 3 heterocycles. The van der Waals surface area contributed by atoms with E-state index in [9.17, 15) is 4.79 Å². The second-order valence-corrected chi connectivity index (χ2v) is 7.12. The lowest BCUT2D eigenvalue weighted by atomic mass is 9.97. The zero-order valence-electron chi connectivity index (χ0n) is 14.9. The number of nitrogens with zero attached hydrogens (tertiary/aromatic N) is 2. The molecular weight excluding hydrogens is 332 g/mol. The van der Waals surface area contributed by atoms with Crippen molar-refractivity contribution in [1.82, 2.24) is 15.6 Å². The Labute approximate surface area is 153 Å². The minimum Gasteiger partial charge on any atom is -0.423 e.